The number of sulfone groups is 1. The highest BCUT2D eigenvalue weighted by atomic mass is 32.2. The van der Waals surface area contributed by atoms with Crippen LogP contribution in [0.25, 0.3) is 0 Å². The molecule has 4 nitrogen and oxygen atoms in total. The molecule has 29 heavy (non-hydrogen) atoms. The molecule has 156 valence electrons. The second-order valence-corrected chi connectivity index (χ2v) is 11.4. The van der Waals surface area contributed by atoms with Crippen LogP contribution in [0.3, 0.4) is 0 Å². The maximum absolute atomic E-state index is 13.2. The van der Waals surface area contributed by atoms with Gasteiger partial charge in [0.25, 0.3) is 0 Å². The van der Waals surface area contributed by atoms with Gasteiger partial charge in [0.15, 0.2) is 0 Å². The van der Waals surface area contributed by atoms with Crippen molar-refractivity contribution in [3.63, 3.8) is 0 Å². The first-order chi connectivity index (χ1) is 13.1. The van der Waals surface area contributed by atoms with Crippen LogP contribution in [-0.4, -0.2) is 13.5 Å². The monoisotopic (exact) mass is 417 g/mol. The normalized spacial score (nSPS) is 21.2. The summed E-state index contributed by atoms with van der Waals surface area (Å²) in [7, 11) is -4.11. The van der Waals surface area contributed by atoms with E-state index in [1.807, 2.05) is 47.6 Å². The van der Waals surface area contributed by atoms with Gasteiger partial charge in [-0.15, -0.1) is 0 Å². The van der Waals surface area contributed by atoms with Crippen molar-refractivity contribution >= 4 is 9.84 Å². The van der Waals surface area contributed by atoms with Crippen LogP contribution >= 0.6 is 0 Å². The fourth-order valence-corrected chi connectivity index (χ4v) is 4.63. The molecule has 0 bridgehead atoms. The minimum Gasteiger partial charge on any atom is -0.508 e. The third kappa shape index (κ3) is 4.45. The van der Waals surface area contributed by atoms with Crippen LogP contribution in [-0.2, 0) is 9.84 Å². The number of hydrogen-bond donors (Lipinski definition) is 1. The predicted molar refractivity (Wildman–Crippen MR) is 112 cm³/mol. The Hall–Kier alpha value is -2.39. The summed E-state index contributed by atoms with van der Waals surface area (Å²) in [5, 5.41) is 20.1. The van der Waals surface area contributed by atoms with Crippen LogP contribution in [0, 0.1) is 33.4 Å². The molecule has 6 heteroatoms. The fourth-order valence-electron chi connectivity index (χ4n) is 3.40. The van der Waals surface area contributed by atoms with Gasteiger partial charge >= 0.3 is 0 Å². The Bertz CT molecular complexity index is 1030. The summed E-state index contributed by atoms with van der Waals surface area (Å²) in [6.45, 7) is 11.8. The summed E-state index contributed by atoms with van der Waals surface area (Å²) < 4.78 is 39.4. The van der Waals surface area contributed by atoms with Crippen molar-refractivity contribution in [2.24, 2.45) is 16.2 Å². The van der Waals surface area contributed by atoms with Crippen molar-refractivity contribution in [3.8, 4) is 6.07 Å². The molecule has 0 aromatic heterocycles. The van der Waals surface area contributed by atoms with E-state index in [1.165, 1.54) is 6.08 Å². The molecule has 0 heterocycles. The number of nitrogens with zero attached hydrogens (tertiary/aromatic N) is 1. The molecular weight excluding hydrogens is 389 g/mol. The van der Waals surface area contributed by atoms with Crippen molar-refractivity contribution in [2.45, 2.75) is 52.9 Å². The Labute approximate surface area is 173 Å². The zero-order valence-electron chi connectivity index (χ0n) is 17.7. The van der Waals surface area contributed by atoms with E-state index in [4.69, 9.17) is 0 Å². The molecular formula is C23H28FNO3S. The van der Waals surface area contributed by atoms with Gasteiger partial charge in [-0.3, -0.25) is 0 Å². The standard InChI is InChI=1S/C23H28FNO3S/c1-21(2,3)19-14-23(22(4,5)6,12-11-20(19)26)13-18(15-25)29(27,28)17-9-7-16(24)8-10-17/h7-13,26H,14H2,1-6H3. The van der Waals surface area contributed by atoms with Crippen LogP contribution in [0.2, 0.25) is 0 Å². The minimum atomic E-state index is -4.11. The first-order valence-electron chi connectivity index (χ1n) is 9.39. The van der Waals surface area contributed by atoms with Crippen LogP contribution in [0.4, 0.5) is 4.39 Å². The Balaban J connectivity index is 2.68. The summed E-state index contributed by atoms with van der Waals surface area (Å²) >= 11 is 0. The van der Waals surface area contributed by atoms with Crippen molar-refractivity contribution in [1.29, 1.82) is 5.26 Å². The van der Waals surface area contributed by atoms with Crippen molar-refractivity contribution in [3.05, 3.63) is 64.5 Å². The predicted octanol–water partition coefficient (Wildman–Crippen LogP) is 5.86. The van der Waals surface area contributed by atoms with E-state index >= 15 is 0 Å². The summed E-state index contributed by atoms with van der Waals surface area (Å²) in [5.74, 6) is -0.381. The molecule has 0 aliphatic heterocycles. The number of allylic oxidation sites excluding steroid dienone is 5. The smallest absolute Gasteiger partial charge is 0.216 e. The maximum atomic E-state index is 13.2. The van der Waals surface area contributed by atoms with E-state index in [0.29, 0.717) is 6.42 Å². The van der Waals surface area contributed by atoms with Gasteiger partial charge in [-0.25, -0.2) is 12.8 Å². The number of rotatable bonds is 3. The highest BCUT2D eigenvalue weighted by molar-refractivity contribution is 7.95. The summed E-state index contributed by atoms with van der Waals surface area (Å²) in [6.07, 6.45) is 5.23. The van der Waals surface area contributed by atoms with Crippen LogP contribution in [0.15, 0.2) is 63.6 Å². The molecule has 2 rings (SSSR count). The van der Waals surface area contributed by atoms with Gasteiger partial charge in [-0.05, 0) is 59.2 Å². The Kier molecular flexibility index (Phi) is 5.89. The lowest BCUT2D eigenvalue weighted by Crippen LogP contribution is -2.37. The zero-order chi connectivity index (χ0) is 22.3. The van der Waals surface area contributed by atoms with Gasteiger partial charge in [0.1, 0.15) is 22.6 Å². The third-order valence-corrected chi connectivity index (χ3v) is 7.21. The molecule has 1 aliphatic rings. The average Bonchev–Trinajstić information content (AvgIpc) is 2.59. The van der Waals surface area contributed by atoms with Gasteiger partial charge in [-0.2, -0.15) is 5.26 Å². The lowest BCUT2D eigenvalue weighted by molar-refractivity contribution is 0.184. The first kappa shape index (κ1) is 22.9. The molecule has 1 N–H and O–H groups in total. The van der Waals surface area contributed by atoms with Gasteiger partial charge in [0.2, 0.25) is 9.84 Å². The van der Waals surface area contributed by atoms with Crippen LogP contribution < -0.4 is 0 Å². The van der Waals surface area contributed by atoms with E-state index in [2.05, 4.69) is 0 Å². The second-order valence-electron chi connectivity index (χ2n) is 9.49. The van der Waals surface area contributed by atoms with Crippen LogP contribution in [0.1, 0.15) is 48.0 Å². The molecule has 1 unspecified atom stereocenters. The number of aliphatic hydroxyl groups is 1. The lowest BCUT2D eigenvalue weighted by atomic mass is 9.59. The van der Waals surface area contributed by atoms with Gasteiger partial charge in [0.05, 0.1) is 4.90 Å². The summed E-state index contributed by atoms with van der Waals surface area (Å²) in [5.41, 5.74) is -0.786. The topological polar surface area (TPSA) is 78.2 Å². The minimum absolute atomic E-state index is 0.134. The van der Waals surface area contributed by atoms with Gasteiger partial charge in [-0.1, -0.05) is 47.6 Å². The molecule has 1 aliphatic carbocycles. The highest BCUT2D eigenvalue weighted by Crippen LogP contribution is 2.52. The van der Waals surface area contributed by atoms with E-state index in [0.717, 1.165) is 29.8 Å². The molecule has 1 aromatic carbocycles. The average molecular weight is 418 g/mol. The summed E-state index contributed by atoms with van der Waals surface area (Å²) in [4.78, 5) is -0.525. The molecule has 1 atom stereocenters. The highest BCUT2D eigenvalue weighted by Gasteiger charge is 2.44. The molecule has 0 saturated carbocycles. The molecule has 1 aromatic rings. The SMILES string of the molecule is CC(C)(C)C1=C(O)C=CC(C=C(C#N)S(=O)(=O)c2ccc(F)cc2)(C(C)(C)C)C1. The number of nitriles is 1. The lowest BCUT2D eigenvalue weighted by Gasteiger charge is -2.45. The van der Waals surface area contributed by atoms with Crippen molar-refractivity contribution in [2.75, 3.05) is 0 Å². The van der Waals surface area contributed by atoms with E-state index < -0.39 is 31.4 Å². The summed E-state index contributed by atoms with van der Waals surface area (Å²) in [6, 6.07) is 6.25. The van der Waals surface area contributed by atoms with E-state index in [1.54, 1.807) is 12.2 Å². The Morgan fingerprint density at radius 3 is 2.17 bits per heavy atom. The largest absolute Gasteiger partial charge is 0.508 e. The van der Waals surface area contributed by atoms with Crippen molar-refractivity contribution < 1.29 is 17.9 Å². The van der Waals surface area contributed by atoms with Crippen LogP contribution in [0.5, 0.6) is 0 Å². The fraction of sp³-hybridized carbons (Fsp3) is 0.435. The van der Waals surface area contributed by atoms with Gasteiger partial charge in [0, 0.05) is 5.41 Å². The third-order valence-electron chi connectivity index (χ3n) is 5.53. The number of hydrogen-bond acceptors (Lipinski definition) is 4. The quantitative estimate of drug-likeness (QED) is 0.494. The second kappa shape index (κ2) is 7.46. The molecule has 0 amide bonds. The zero-order valence-corrected chi connectivity index (χ0v) is 18.6. The first-order valence-corrected chi connectivity index (χ1v) is 10.9. The molecule has 0 radical (unpaired) electrons. The molecule has 0 fully saturated rings. The van der Waals surface area contributed by atoms with E-state index in [9.17, 15) is 23.2 Å². The maximum Gasteiger partial charge on any atom is 0.216 e. The number of halogens is 1. The molecule has 0 spiro atoms. The van der Waals surface area contributed by atoms with Crippen molar-refractivity contribution in [1.82, 2.24) is 0 Å². The number of benzene rings is 1. The number of aliphatic hydroxyl groups excluding tert-OH is 1. The van der Waals surface area contributed by atoms with Gasteiger partial charge < -0.3 is 5.11 Å². The Morgan fingerprint density at radius 1 is 1.17 bits per heavy atom. The Morgan fingerprint density at radius 2 is 1.72 bits per heavy atom. The van der Waals surface area contributed by atoms with E-state index in [-0.39, 0.29) is 16.1 Å². The molecule has 0 saturated heterocycles.